The molecule has 3 heterocycles. The number of H-pyrrole nitrogens is 1. The van der Waals surface area contributed by atoms with Crippen LogP contribution in [0.3, 0.4) is 0 Å². The average Bonchev–Trinajstić information content (AvgIpc) is 3.15. The van der Waals surface area contributed by atoms with Gasteiger partial charge in [-0.05, 0) is 49.2 Å². The largest absolute Gasteiger partial charge is 0.449 e. The van der Waals surface area contributed by atoms with Gasteiger partial charge in [0.1, 0.15) is 16.9 Å². The minimum Gasteiger partial charge on any atom is -0.449 e. The van der Waals surface area contributed by atoms with Gasteiger partial charge in [0.05, 0.1) is 11.4 Å². The van der Waals surface area contributed by atoms with E-state index >= 15 is 0 Å². The molecule has 0 radical (unpaired) electrons. The highest BCUT2D eigenvalue weighted by Gasteiger charge is 2.29. The molecular weight excluding hydrogens is 428 g/mol. The first-order valence-electron chi connectivity index (χ1n) is 10.5. The molecule has 9 heteroatoms. The zero-order chi connectivity index (χ0) is 22.5. The van der Waals surface area contributed by atoms with E-state index in [9.17, 15) is 13.2 Å². The van der Waals surface area contributed by atoms with Gasteiger partial charge in [0.2, 0.25) is 15.6 Å². The number of nitrogens with one attached hydrogen (secondary N) is 1. The number of piperazine rings is 1. The van der Waals surface area contributed by atoms with Gasteiger partial charge < -0.3 is 9.40 Å². The Morgan fingerprint density at radius 2 is 1.78 bits per heavy atom. The molecule has 32 heavy (non-hydrogen) atoms. The SMILES string of the molecule is Cc1ccc(S(=O)(=O)N2CCN(Cc3nc4c(oc5ccccc54)c(=O)[nH]3)CC2)cc1C. The van der Waals surface area contributed by atoms with E-state index in [4.69, 9.17) is 4.42 Å². The summed E-state index contributed by atoms with van der Waals surface area (Å²) in [5.41, 5.74) is 3.12. The number of para-hydroxylation sites is 1. The third-order valence-electron chi connectivity index (χ3n) is 6.10. The molecule has 0 atom stereocenters. The van der Waals surface area contributed by atoms with Crippen molar-refractivity contribution in [2.45, 2.75) is 25.3 Å². The minimum atomic E-state index is -3.53. The topological polar surface area (TPSA) is 99.5 Å². The number of sulfonamides is 1. The third kappa shape index (κ3) is 3.62. The van der Waals surface area contributed by atoms with Crippen molar-refractivity contribution < 1.29 is 12.8 Å². The molecule has 1 aliphatic rings. The summed E-state index contributed by atoms with van der Waals surface area (Å²) in [5.74, 6) is 0.541. The predicted octanol–water partition coefficient (Wildman–Crippen LogP) is 2.79. The van der Waals surface area contributed by atoms with Crippen LogP contribution < -0.4 is 5.56 Å². The van der Waals surface area contributed by atoms with Gasteiger partial charge in [-0.2, -0.15) is 4.31 Å². The summed E-state index contributed by atoms with van der Waals surface area (Å²) < 4.78 is 33.2. The molecule has 0 amide bonds. The van der Waals surface area contributed by atoms with Crippen LogP contribution in [0.5, 0.6) is 0 Å². The van der Waals surface area contributed by atoms with E-state index in [1.54, 1.807) is 12.1 Å². The van der Waals surface area contributed by atoms with Crippen LogP contribution in [-0.2, 0) is 16.6 Å². The van der Waals surface area contributed by atoms with Gasteiger partial charge in [-0.25, -0.2) is 13.4 Å². The van der Waals surface area contributed by atoms with E-state index in [2.05, 4.69) is 14.9 Å². The summed E-state index contributed by atoms with van der Waals surface area (Å²) in [5, 5.41) is 0.805. The van der Waals surface area contributed by atoms with Crippen LogP contribution >= 0.6 is 0 Å². The van der Waals surface area contributed by atoms with Gasteiger partial charge in [0.15, 0.2) is 0 Å². The second-order valence-electron chi connectivity index (χ2n) is 8.21. The summed E-state index contributed by atoms with van der Waals surface area (Å²) >= 11 is 0. The fourth-order valence-electron chi connectivity index (χ4n) is 4.09. The lowest BCUT2D eigenvalue weighted by molar-refractivity contribution is 0.178. The lowest BCUT2D eigenvalue weighted by Crippen LogP contribution is -2.48. The lowest BCUT2D eigenvalue weighted by atomic mass is 10.1. The number of fused-ring (bicyclic) bond motifs is 3. The quantitative estimate of drug-likeness (QED) is 0.511. The van der Waals surface area contributed by atoms with Crippen molar-refractivity contribution in [3.8, 4) is 0 Å². The molecule has 1 saturated heterocycles. The first-order valence-corrected chi connectivity index (χ1v) is 12.0. The summed E-state index contributed by atoms with van der Waals surface area (Å²) in [6, 6.07) is 12.7. The highest BCUT2D eigenvalue weighted by atomic mass is 32.2. The van der Waals surface area contributed by atoms with Crippen LogP contribution in [-0.4, -0.2) is 53.8 Å². The Labute approximate surface area is 185 Å². The number of furan rings is 1. The van der Waals surface area contributed by atoms with Crippen molar-refractivity contribution in [3.63, 3.8) is 0 Å². The number of rotatable bonds is 4. The highest BCUT2D eigenvalue weighted by molar-refractivity contribution is 7.89. The second-order valence-corrected chi connectivity index (χ2v) is 10.2. The molecule has 0 spiro atoms. The zero-order valence-electron chi connectivity index (χ0n) is 18.0. The molecular formula is C23H24N4O4S. The Morgan fingerprint density at radius 1 is 1.03 bits per heavy atom. The molecule has 0 unspecified atom stereocenters. The summed E-state index contributed by atoms with van der Waals surface area (Å²) in [6.07, 6.45) is 0. The minimum absolute atomic E-state index is 0.222. The first kappa shape index (κ1) is 20.9. The predicted molar refractivity (Wildman–Crippen MR) is 122 cm³/mol. The zero-order valence-corrected chi connectivity index (χ0v) is 18.8. The molecule has 2 aromatic heterocycles. The maximum absolute atomic E-state index is 13.0. The van der Waals surface area contributed by atoms with Gasteiger partial charge >= 0.3 is 0 Å². The van der Waals surface area contributed by atoms with E-state index in [0.29, 0.717) is 54.5 Å². The average molecular weight is 453 g/mol. The van der Waals surface area contributed by atoms with Gasteiger partial charge in [-0.3, -0.25) is 9.69 Å². The Hall–Kier alpha value is -3.01. The normalized spacial score (nSPS) is 16.2. The number of aromatic amines is 1. The second kappa shape index (κ2) is 7.84. The number of benzene rings is 2. The van der Waals surface area contributed by atoms with Crippen LogP contribution in [0.2, 0.25) is 0 Å². The molecule has 1 aliphatic heterocycles. The van der Waals surface area contributed by atoms with Crippen molar-refractivity contribution in [2.75, 3.05) is 26.2 Å². The molecule has 0 bridgehead atoms. The van der Waals surface area contributed by atoms with Crippen molar-refractivity contribution in [2.24, 2.45) is 0 Å². The van der Waals surface area contributed by atoms with Crippen LogP contribution in [0.1, 0.15) is 17.0 Å². The van der Waals surface area contributed by atoms with Gasteiger partial charge in [-0.15, -0.1) is 0 Å². The molecule has 0 aliphatic carbocycles. The van der Waals surface area contributed by atoms with E-state index < -0.39 is 10.0 Å². The Balaban J connectivity index is 1.33. The number of aryl methyl sites for hydroxylation is 2. The molecule has 0 saturated carbocycles. The third-order valence-corrected chi connectivity index (χ3v) is 8.00. The molecule has 1 N–H and O–H groups in total. The highest BCUT2D eigenvalue weighted by Crippen LogP contribution is 2.25. The molecule has 166 valence electrons. The molecule has 1 fully saturated rings. The van der Waals surface area contributed by atoms with Crippen LogP contribution in [0.15, 0.2) is 56.6 Å². The lowest BCUT2D eigenvalue weighted by Gasteiger charge is -2.33. The maximum atomic E-state index is 13.0. The van der Waals surface area contributed by atoms with Gasteiger partial charge in [-0.1, -0.05) is 18.2 Å². The van der Waals surface area contributed by atoms with Crippen LogP contribution in [0.25, 0.3) is 22.1 Å². The Bertz CT molecular complexity index is 1480. The summed E-state index contributed by atoms with van der Waals surface area (Å²) in [7, 11) is -3.53. The molecule has 2 aromatic carbocycles. The van der Waals surface area contributed by atoms with Crippen molar-refractivity contribution in [1.29, 1.82) is 0 Å². The standard InChI is InChI=1S/C23H24N4O4S/c1-15-7-8-17(13-16(15)2)32(29,30)27-11-9-26(10-12-27)14-20-24-21-18-5-3-4-6-19(18)31-22(21)23(28)25-20/h3-8,13H,9-12,14H2,1-2H3,(H,24,25,28). The molecule has 5 rings (SSSR count). The first-order chi connectivity index (χ1) is 15.3. The Kier molecular flexibility index (Phi) is 5.11. The monoisotopic (exact) mass is 452 g/mol. The Morgan fingerprint density at radius 3 is 2.53 bits per heavy atom. The van der Waals surface area contributed by atoms with E-state index in [1.165, 1.54) is 4.31 Å². The summed E-state index contributed by atoms with van der Waals surface area (Å²) in [6.45, 7) is 6.19. The number of hydrogen-bond donors (Lipinski definition) is 1. The van der Waals surface area contributed by atoms with Crippen LogP contribution in [0.4, 0.5) is 0 Å². The van der Waals surface area contributed by atoms with Crippen molar-refractivity contribution >= 4 is 32.1 Å². The number of nitrogens with zero attached hydrogens (tertiary/aromatic N) is 3. The smallest absolute Gasteiger partial charge is 0.294 e. The number of hydrogen-bond acceptors (Lipinski definition) is 6. The maximum Gasteiger partial charge on any atom is 0.294 e. The fourth-order valence-corrected chi connectivity index (χ4v) is 5.59. The van der Waals surface area contributed by atoms with E-state index in [1.807, 2.05) is 44.2 Å². The van der Waals surface area contributed by atoms with Crippen molar-refractivity contribution in [1.82, 2.24) is 19.2 Å². The van der Waals surface area contributed by atoms with E-state index in [-0.39, 0.29) is 11.1 Å². The molecule has 4 aromatic rings. The van der Waals surface area contributed by atoms with Crippen LogP contribution in [0, 0.1) is 13.8 Å². The fraction of sp³-hybridized carbons (Fsp3) is 0.304. The van der Waals surface area contributed by atoms with Gasteiger partial charge in [0, 0.05) is 31.6 Å². The van der Waals surface area contributed by atoms with Crippen molar-refractivity contribution in [3.05, 3.63) is 69.8 Å². The number of aromatic nitrogens is 2. The summed E-state index contributed by atoms with van der Waals surface area (Å²) in [4.78, 5) is 22.4. The van der Waals surface area contributed by atoms with E-state index in [0.717, 1.165) is 16.5 Å². The molecule has 8 nitrogen and oxygen atoms in total. The van der Waals surface area contributed by atoms with Gasteiger partial charge in [0.25, 0.3) is 5.56 Å².